The van der Waals surface area contributed by atoms with E-state index >= 15 is 0 Å². The number of aromatic hydroxyl groups is 2. The Bertz CT molecular complexity index is 1510. The second-order valence-electron chi connectivity index (χ2n) is 9.47. The summed E-state index contributed by atoms with van der Waals surface area (Å²) in [6.07, 6.45) is 0. The van der Waals surface area contributed by atoms with Gasteiger partial charge in [-0.3, -0.25) is 0 Å². The summed E-state index contributed by atoms with van der Waals surface area (Å²) in [5.74, 6) is 0.0696. The Morgan fingerprint density at radius 3 is 2.14 bits per heavy atom. The SMILES string of the molecule is [N-]=[N+]=NCCOCCOCCOCCNC(=S)Nc1ccc2c(c1)C(=O)OC21c2ccc(O)cc2Oc2cc(O)ccc21. The number of esters is 1. The summed E-state index contributed by atoms with van der Waals surface area (Å²) in [6, 6.07) is 14.5. The van der Waals surface area contributed by atoms with Crippen LogP contribution in [0.2, 0.25) is 0 Å². The number of thiocarbonyl (C=S) groups is 1. The van der Waals surface area contributed by atoms with Gasteiger partial charge in [0.25, 0.3) is 0 Å². The Morgan fingerprint density at radius 1 is 0.884 bits per heavy atom. The van der Waals surface area contributed by atoms with Crippen LogP contribution < -0.4 is 15.4 Å². The maximum absolute atomic E-state index is 13.3. The van der Waals surface area contributed by atoms with Gasteiger partial charge in [-0.1, -0.05) is 11.2 Å². The Morgan fingerprint density at radius 2 is 1.49 bits per heavy atom. The standard InChI is InChI=1S/C29H29N5O8S/c30-34-32-8-10-39-12-14-40-13-11-38-9-7-31-28(43)33-18-1-4-22-21(15-18)27(37)42-29(22)23-5-2-19(35)16-25(23)41-26-17-20(36)3-6-24(26)29/h1-6,15-17,35-36H,7-14H2,(H2,31,33,43). The molecule has 0 atom stereocenters. The summed E-state index contributed by atoms with van der Waals surface area (Å²) in [4.78, 5) is 15.9. The minimum Gasteiger partial charge on any atom is -0.508 e. The predicted molar refractivity (Wildman–Crippen MR) is 159 cm³/mol. The van der Waals surface area contributed by atoms with Gasteiger partial charge in [-0.05, 0) is 54.1 Å². The number of nitrogens with one attached hydrogen (secondary N) is 2. The molecule has 0 radical (unpaired) electrons. The summed E-state index contributed by atoms with van der Waals surface area (Å²) >= 11 is 5.40. The zero-order valence-electron chi connectivity index (χ0n) is 22.9. The minimum absolute atomic E-state index is 0.0110. The number of carbonyl (C=O) groups is 1. The molecule has 0 bridgehead atoms. The van der Waals surface area contributed by atoms with Crippen molar-refractivity contribution in [3.8, 4) is 23.0 Å². The zero-order chi connectivity index (χ0) is 30.2. The van der Waals surface area contributed by atoms with Crippen LogP contribution in [0.25, 0.3) is 10.4 Å². The molecule has 224 valence electrons. The Hall–Kier alpha value is -4.59. The lowest BCUT2D eigenvalue weighted by atomic mass is 9.77. The Kier molecular flexibility index (Phi) is 9.45. The van der Waals surface area contributed by atoms with E-state index < -0.39 is 11.6 Å². The minimum atomic E-state index is -1.32. The lowest BCUT2D eigenvalue weighted by Gasteiger charge is -2.36. The highest BCUT2D eigenvalue weighted by atomic mass is 32.1. The van der Waals surface area contributed by atoms with Gasteiger partial charge in [-0.15, -0.1) is 0 Å². The van der Waals surface area contributed by atoms with E-state index in [0.29, 0.717) is 97.3 Å². The summed E-state index contributed by atoms with van der Waals surface area (Å²) in [6.45, 7) is 3.16. The van der Waals surface area contributed by atoms with Crippen molar-refractivity contribution in [1.29, 1.82) is 0 Å². The van der Waals surface area contributed by atoms with Crippen molar-refractivity contribution in [3.63, 3.8) is 0 Å². The molecule has 0 aromatic heterocycles. The number of ether oxygens (including phenoxy) is 5. The number of hydrogen-bond donors (Lipinski definition) is 4. The number of carbonyl (C=O) groups excluding carboxylic acids is 1. The first-order valence-corrected chi connectivity index (χ1v) is 13.8. The van der Waals surface area contributed by atoms with Crippen molar-refractivity contribution in [3.05, 3.63) is 87.3 Å². The van der Waals surface area contributed by atoms with E-state index in [1.807, 2.05) is 0 Å². The van der Waals surface area contributed by atoms with Gasteiger partial charge in [0, 0.05) is 52.5 Å². The lowest BCUT2D eigenvalue weighted by molar-refractivity contribution is 0.0171. The first kappa shape index (κ1) is 29.9. The number of benzene rings is 3. The van der Waals surface area contributed by atoms with E-state index in [2.05, 4.69) is 20.7 Å². The average molecular weight is 608 g/mol. The highest BCUT2D eigenvalue weighted by Crippen LogP contribution is 2.57. The topological polar surface area (TPSA) is 176 Å². The number of anilines is 1. The Labute approximate surface area is 251 Å². The van der Waals surface area contributed by atoms with E-state index in [1.165, 1.54) is 24.3 Å². The number of phenols is 2. The molecule has 0 aliphatic carbocycles. The van der Waals surface area contributed by atoms with Crippen molar-refractivity contribution < 1.29 is 38.7 Å². The van der Waals surface area contributed by atoms with Gasteiger partial charge < -0.3 is 44.5 Å². The third-order valence-electron chi connectivity index (χ3n) is 6.71. The fraction of sp³-hybridized carbons (Fsp3) is 0.310. The molecule has 0 amide bonds. The van der Waals surface area contributed by atoms with Crippen LogP contribution in [0, 0.1) is 0 Å². The second kappa shape index (κ2) is 13.6. The molecule has 0 saturated heterocycles. The molecule has 3 aromatic carbocycles. The van der Waals surface area contributed by atoms with Crippen LogP contribution in [-0.4, -0.2) is 74.0 Å². The smallest absolute Gasteiger partial charge is 0.340 e. The van der Waals surface area contributed by atoms with Crippen molar-refractivity contribution in [2.75, 3.05) is 58.0 Å². The van der Waals surface area contributed by atoms with E-state index in [1.54, 1.807) is 30.3 Å². The molecule has 14 heteroatoms. The summed E-state index contributed by atoms with van der Waals surface area (Å²) in [7, 11) is 0. The van der Waals surface area contributed by atoms with E-state index in [0.717, 1.165) is 0 Å². The fourth-order valence-corrected chi connectivity index (χ4v) is 5.11. The van der Waals surface area contributed by atoms with E-state index in [4.69, 9.17) is 41.4 Å². The molecule has 2 aliphatic rings. The van der Waals surface area contributed by atoms with Gasteiger partial charge in [0.15, 0.2) is 10.7 Å². The fourth-order valence-electron chi connectivity index (χ4n) is 4.89. The molecule has 3 aromatic rings. The normalized spacial score (nSPS) is 13.6. The van der Waals surface area contributed by atoms with Crippen LogP contribution in [-0.2, 0) is 24.5 Å². The molecule has 43 heavy (non-hydrogen) atoms. The molecule has 5 rings (SSSR count). The van der Waals surface area contributed by atoms with Crippen LogP contribution in [0.15, 0.2) is 59.7 Å². The van der Waals surface area contributed by atoms with Crippen molar-refractivity contribution in [2.24, 2.45) is 5.11 Å². The van der Waals surface area contributed by atoms with Crippen LogP contribution in [0.3, 0.4) is 0 Å². The molecule has 0 saturated carbocycles. The molecule has 0 unspecified atom stereocenters. The van der Waals surface area contributed by atoms with Crippen molar-refractivity contribution >= 4 is 29.0 Å². The molecule has 4 N–H and O–H groups in total. The molecule has 2 heterocycles. The third-order valence-corrected chi connectivity index (χ3v) is 6.95. The summed E-state index contributed by atoms with van der Waals surface area (Å²) < 4.78 is 28.2. The predicted octanol–water partition coefficient (Wildman–Crippen LogP) is 4.31. The Balaban J connectivity index is 1.16. The quantitative estimate of drug-likeness (QED) is 0.0544. The number of phenolic OH excluding ortho intramolecular Hbond substituents is 2. The van der Waals surface area contributed by atoms with E-state index in [9.17, 15) is 15.0 Å². The molecular formula is C29H29N5O8S. The highest BCUT2D eigenvalue weighted by molar-refractivity contribution is 7.80. The third kappa shape index (κ3) is 6.58. The highest BCUT2D eigenvalue weighted by Gasteiger charge is 2.53. The first-order valence-electron chi connectivity index (χ1n) is 13.4. The molecule has 2 aliphatic heterocycles. The number of nitrogens with zero attached hydrogens (tertiary/aromatic N) is 3. The lowest BCUT2D eigenvalue weighted by Crippen LogP contribution is -2.33. The average Bonchev–Trinajstić information content (AvgIpc) is 3.26. The van der Waals surface area contributed by atoms with Gasteiger partial charge in [0.2, 0.25) is 0 Å². The molecule has 0 fully saturated rings. The summed E-state index contributed by atoms with van der Waals surface area (Å²) in [5.41, 5.74) is 9.49. The maximum Gasteiger partial charge on any atom is 0.340 e. The van der Waals surface area contributed by atoms with Crippen LogP contribution >= 0.6 is 12.2 Å². The monoisotopic (exact) mass is 607 g/mol. The zero-order valence-corrected chi connectivity index (χ0v) is 23.8. The number of fused-ring (bicyclic) bond motifs is 6. The number of azide groups is 1. The van der Waals surface area contributed by atoms with Crippen LogP contribution in [0.5, 0.6) is 23.0 Å². The molecule has 1 spiro atoms. The van der Waals surface area contributed by atoms with Gasteiger partial charge >= 0.3 is 5.97 Å². The van der Waals surface area contributed by atoms with Gasteiger partial charge in [0.05, 0.1) is 45.2 Å². The van der Waals surface area contributed by atoms with E-state index in [-0.39, 0.29) is 11.5 Å². The maximum atomic E-state index is 13.3. The first-order chi connectivity index (χ1) is 20.9. The van der Waals surface area contributed by atoms with Gasteiger partial charge in [-0.2, -0.15) is 0 Å². The second-order valence-corrected chi connectivity index (χ2v) is 9.87. The molecule has 13 nitrogen and oxygen atoms in total. The van der Waals surface area contributed by atoms with Crippen molar-refractivity contribution in [2.45, 2.75) is 5.60 Å². The largest absolute Gasteiger partial charge is 0.508 e. The number of hydrogen-bond acceptors (Lipinski definition) is 10. The van der Waals surface area contributed by atoms with Gasteiger partial charge in [-0.25, -0.2) is 4.79 Å². The van der Waals surface area contributed by atoms with Crippen LogP contribution in [0.4, 0.5) is 5.69 Å². The van der Waals surface area contributed by atoms with Gasteiger partial charge in [0.1, 0.15) is 23.0 Å². The van der Waals surface area contributed by atoms with Crippen LogP contribution in [0.1, 0.15) is 27.0 Å². The summed E-state index contributed by atoms with van der Waals surface area (Å²) in [5, 5.41) is 30.0. The molecular weight excluding hydrogens is 578 g/mol. The van der Waals surface area contributed by atoms with Crippen molar-refractivity contribution in [1.82, 2.24) is 5.32 Å². The number of rotatable bonds is 13.